The van der Waals surface area contributed by atoms with Crippen LogP contribution in [0, 0.1) is 0 Å². The summed E-state index contributed by atoms with van der Waals surface area (Å²) in [4.78, 5) is 2.24. The zero-order valence-corrected chi connectivity index (χ0v) is 14.1. The molecule has 0 atom stereocenters. The summed E-state index contributed by atoms with van der Waals surface area (Å²) in [6, 6.07) is 7.92. The molecule has 1 saturated heterocycles. The van der Waals surface area contributed by atoms with Crippen LogP contribution >= 0.6 is 23.4 Å². The highest BCUT2D eigenvalue weighted by molar-refractivity contribution is 7.98. The highest BCUT2D eigenvalue weighted by Crippen LogP contribution is 2.28. The molecule has 22 heavy (non-hydrogen) atoms. The molecule has 5 nitrogen and oxygen atoms in total. The molecule has 2 aromatic rings. The van der Waals surface area contributed by atoms with Crippen LogP contribution in [0.3, 0.4) is 0 Å². The summed E-state index contributed by atoms with van der Waals surface area (Å²) < 4.78 is 7.56. The number of hydrogen-bond donors (Lipinski definition) is 0. The molecule has 0 N–H and O–H groups in total. The van der Waals surface area contributed by atoms with Crippen molar-refractivity contribution < 1.29 is 4.74 Å². The number of aromatic nitrogens is 3. The molecule has 3 rings (SSSR count). The highest BCUT2D eigenvalue weighted by Gasteiger charge is 2.19. The molecule has 7 heteroatoms. The lowest BCUT2D eigenvalue weighted by Crippen LogP contribution is -2.38. The topological polar surface area (TPSA) is 43.2 Å². The van der Waals surface area contributed by atoms with E-state index in [0.29, 0.717) is 0 Å². The van der Waals surface area contributed by atoms with E-state index in [9.17, 15) is 0 Å². The molecule has 2 heterocycles. The van der Waals surface area contributed by atoms with Crippen molar-refractivity contribution in [3.63, 3.8) is 0 Å². The van der Waals surface area contributed by atoms with Gasteiger partial charge in [-0.05, 0) is 18.6 Å². The average Bonchev–Trinajstić information content (AvgIpc) is 2.98. The van der Waals surface area contributed by atoms with Crippen LogP contribution in [0.2, 0.25) is 5.02 Å². The summed E-state index contributed by atoms with van der Waals surface area (Å²) in [5.41, 5.74) is 1.12. The lowest BCUT2D eigenvalue weighted by atomic mass is 10.2. The summed E-state index contributed by atoms with van der Waals surface area (Å²) >= 11 is 7.88. The number of rotatable bonds is 5. The third-order valence-electron chi connectivity index (χ3n) is 3.62. The summed E-state index contributed by atoms with van der Waals surface area (Å²) in [5.74, 6) is 1.73. The van der Waals surface area contributed by atoms with Gasteiger partial charge in [-0.25, -0.2) is 0 Å². The van der Waals surface area contributed by atoms with Crippen molar-refractivity contribution in [1.82, 2.24) is 14.8 Å². The second-order valence-corrected chi connectivity index (χ2v) is 6.36. The van der Waals surface area contributed by atoms with Crippen molar-refractivity contribution in [1.29, 1.82) is 0 Å². The van der Waals surface area contributed by atoms with Gasteiger partial charge < -0.3 is 9.64 Å². The van der Waals surface area contributed by atoms with Crippen molar-refractivity contribution in [2.24, 2.45) is 0 Å². The first kappa shape index (κ1) is 15.6. The molecule has 0 saturated carbocycles. The molecule has 118 valence electrons. The second kappa shape index (κ2) is 7.35. The van der Waals surface area contributed by atoms with Crippen LogP contribution in [-0.4, -0.2) is 41.1 Å². The van der Waals surface area contributed by atoms with E-state index in [1.165, 1.54) is 0 Å². The standard InChI is InChI=1S/C15H19ClN4OS/c1-2-20-14(19-7-9-21-10-8-19)17-18-15(20)22-11-12-5-3-4-6-13(12)16/h3-6H,2,7-11H2,1H3. The maximum absolute atomic E-state index is 6.21. The molecule has 0 amide bonds. The van der Waals surface area contributed by atoms with Gasteiger partial charge in [-0.3, -0.25) is 4.57 Å². The Hall–Kier alpha value is -1.24. The fourth-order valence-corrected chi connectivity index (χ4v) is 3.70. The fraction of sp³-hybridized carbons (Fsp3) is 0.467. The largest absolute Gasteiger partial charge is 0.378 e. The van der Waals surface area contributed by atoms with Gasteiger partial charge in [0.05, 0.1) is 13.2 Å². The van der Waals surface area contributed by atoms with E-state index in [1.807, 2.05) is 24.3 Å². The number of anilines is 1. The van der Waals surface area contributed by atoms with Crippen molar-refractivity contribution in [3.05, 3.63) is 34.9 Å². The SMILES string of the molecule is CCn1c(SCc2ccccc2Cl)nnc1N1CCOCC1. The molecule has 0 radical (unpaired) electrons. The summed E-state index contributed by atoms with van der Waals surface area (Å²) in [6.07, 6.45) is 0. The molecular formula is C15H19ClN4OS. The van der Waals surface area contributed by atoms with Crippen molar-refractivity contribution in [2.75, 3.05) is 31.2 Å². The minimum Gasteiger partial charge on any atom is -0.378 e. The molecule has 1 fully saturated rings. The van der Waals surface area contributed by atoms with Crippen LogP contribution in [0.1, 0.15) is 12.5 Å². The molecule has 0 spiro atoms. The van der Waals surface area contributed by atoms with E-state index < -0.39 is 0 Å². The van der Waals surface area contributed by atoms with E-state index in [-0.39, 0.29) is 0 Å². The Bertz CT molecular complexity index is 628. The van der Waals surface area contributed by atoms with Gasteiger partial charge >= 0.3 is 0 Å². The Balaban J connectivity index is 1.74. The van der Waals surface area contributed by atoms with Crippen molar-refractivity contribution in [2.45, 2.75) is 24.4 Å². The zero-order valence-electron chi connectivity index (χ0n) is 12.5. The number of halogens is 1. The molecule has 1 aromatic heterocycles. The molecule has 1 aromatic carbocycles. The maximum atomic E-state index is 6.21. The fourth-order valence-electron chi connectivity index (χ4n) is 2.42. The van der Waals surface area contributed by atoms with Crippen LogP contribution in [0.4, 0.5) is 5.95 Å². The minimum absolute atomic E-state index is 0.749. The highest BCUT2D eigenvalue weighted by atomic mass is 35.5. The first-order chi connectivity index (χ1) is 10.8. The Kier molecular flexibility index (Phi) is 5.23. The smallest absolute Gasteiger partial charge is 0.228 e. The second-order valence-electron chi connectivity index (χ2n) is 5.01. The van der Waals surface area contributed by atoms with Gasteiger partial charge in [0.25, 0.3) is 0 Å². The Labute approximate surface area is 139 Å². The van der Waals surface area contributed by atoms with Crippen molar-refractivity contribution in [3.8, 4) is 0 Å². The number of morpholine rings is 1. The van der Waals surface area contributed by atoms with Gasteiger partial charge in [-0.2, -0.15) is 0 Å². The third kappa shape index (κ3) is 3.39. The maximum Gasteiger partial charge on any atom is 0.228 e. The first-order valence-corrected chi connectivity index (χ1v) is 8.78. The molecule has 0 bridgehead atoms. The molecular weight excluding hydrogens is 320 g/mol. The van der Waals surface area contributed by atoms with Crippen LogP contribution in [0.25, 0.3) is 0 Å². The van der Waals surface area contributed by atoms with Gasteiger partial charge in [0, 0.05) is 30.4 Å². The van der Waals surface area contributed by atoms with Crippen LogP contribution in [0.5, 0.6) is 0 Å². The molecule has 0 aliphatic carbocycles. The Morgan fingerprint density at radius 1 is 1.23 bits per heavy atom. The Morgan fingerprint density at radius 3 is 2.73 bits per heavy atom. The predicted molar refractivity (Wildman–Crippen MR) is 89.7 cm³/mol. The van der Waals surface area contributed by atoms with Crippen LogP contribution in [0.15, 0.2) is 29.4 Å². The van der Waals surface area contributed by atoms with Crippen LogP contribution < -0.4 is 4.90 Å². The van der Waals surface area contributed by atoms with Gasteiger partial charge in [-0.1, -0.05) is 41.6 Å². The normalized spacial score (nSPS) is 15.3. The van der Waals surface area contributed by atoms with Gasteiger partial charge in [0.1, 0.15) is 0 Å². The minimum atomic E-state index is 0.749. The monoisotopic (exact) mass is 338 g/mol. The summed E-state index contributed by atoms with van der Waals surface area (Å²) in [5, 5.41) is 10.5. The number of benzene rings is 1. The lowest BCUT2D eigenvalue weighted by molar-refractivity contribution is 0.121. The zero-order chi connectivity index (χ0) is 15.4. The van der Waals surface area contributed by atoms with E-state index in [1.54, 1.807) is 11.8 Å². The lowest BCUT2D eigenvalue weighted by Gasteiger charge is -2.27. The van der Waals surface area contributed by atoms with E-state index in [2.05, 4.69) is 26.6 Å². The number of thioether (sulfide) groups is 1. The summed E-state index contributed by atoms with van der Waals surface area (Å²) in [7, 11) is 0. The molecule has 0 unspecified atom stereocenters. The summed E-state index contributed by atoms with van der Waals surface area (Å²) in [6.45, 7) is 6.20. The van der Waals surface area contributed by atoms with Gasteiger partial charge in [0.15, 0.2) is 5.16 Å². The number of hydrogen-bond acceptors (Lipinski definition) is 5. The van der Waals surface area contributed by atoms with Gasteiger partial charge in [-0.15, -0.1) is 10.2 Å². The molecule has 1 aliphatic heterocycles. The number of nitrogens with zero attached hydrogens (tertiary/aromatic N) is 4. The van der Waals surface area contributed by atoms with Crippen LogP contribution in [-0.2, 0) is 17.0 Å². The van der Waals surface area contributed by atoms with E-state index in [0.717, 1.165) is 60.3 Å². The van der Waals surface area contributed by atoms with E-state index in [4.69, 9.17) is 16.3 Å². The van der Waals surface area contributed by atoms with Gasteiger partial charge in [0.2, 0.25) is 5.95 Å². The average molecular weight is 339 g/mol. The predicted octanol–water partition coefficient (Wildman–Crippen LogP) is 3.08. The third-order valence-corrected chi connectivity index (χ3v) is 5.01. The molecule has 1 aliphatic rings. The number of ether oxygens (including phenoxy) is 1. The Morgan fingerprint density at radius 2 is 2.00 bits per heavy atom. The first-order valence-electron chi connectivity index (χ1n) is 7.41. The van der Waals surface area contributed by atoms with Crippen molar-refractivity contribution >= 4 is 29.3 Å². The van der Waals surface area contributed by atoms with E-state index >= 15 is 0 Å². The quantitative estimate of drug-likeness (QED) is 0.784.